The van der Waals surface area contributed by atoms with Gasteiger partial charge < -0.3 is 15.0 Å². The molecule has 0 unspecified atom stereocenters. The number of nitro groups is 1. The van der Waals surface area contributed by atoms with E-state index in [0.29, 0.717) is 18.1 Å². The van der Waals surface area contributed by atoms with E-state index in [1.54, 1.807) is 4.90 Å². The summed E-state index contributed by atoms with van der Waals surface area (Å²) >= 11 is 5.88. The molecule has 8 nitrogen and oxygen atoms in total. The zero-order chi connectivity index (χ0) is 17.1. The first-order valence-electron chi connectivity index (χ1n) is 7.49. The highest BCUT2D eigenvalue weighted by atomic mass is 35.5. The Hall–Kier alpha value is -2.45. The normalized spacial score (nSPS) is 15.5. The summed E-state index contributed by atoms with van der Waals surface area (Å²) in [7, 11) is 0. The van der Waals surface area contributed by atoms with Crippen molar-refractivity contribution in [1.82, 2.24) is 20.0 Å². The molecule has 1 aromatic carbocycles. The van der Waals surface area contributed by atoms with E-state index in [0.717, 1.165) is 19.6 Å². The van der Waals surface area contributed by atoms with Gasteiger partial charge in [0.15, 0.2) is 5.69 Å². The number of nitrogens with one attached hydrogen (secondary N) is 1. The van der Waals surface area contributed by atoms with E-state index in [1.165, 1.54) is 11.6 Å². The van der Waals surface area contributed by atoms with Crippen molar-refractivity contribution in [2.45, 2.75) is 6.54 Å². The topological polar surface area (TPSA) is 95.4 Å². The van der Waals surface area contributed by atoms with Gasteiger partial charge in [-0.15, -0.1) is 5.10 Å². The number of rotatable bonds is 4. The second-order valence-electron chi connectivity index (χ2n) is 5.59. The molecule has 1 aromatic heterocycles. The zero-order valence-corrected chi connectivity index (χ0v) is 13.6. The van der Waals surface area contributed by atoms with Crippen LogP contribution in [0.3, 0.4) is 0 Å². The summed E-state index contributed by atoms with van der Waals surface area (Å²) < 4.78 is 0. The van der Waals surface area contributed by atoms with Gasteiger partial charge in [-0.05, 0) is 22.6 Å². The summed E-state index contributed by atoms with van der Waals surface area (Å²) in [6, 6.07) is 8.87. The van der Waals surface area contributed by atoms with Crippen LogP contribution in [0.4, 0.5) is 5.82 Å². The number of hydrogen-bond acceptors (Lipinski definition) is 5. The minimum Gasteiger partial charge on any atom is -0.358 e. The van der Waals surface area contributed by atoms with E-state index >= 15 is 0 Å². The number of H-pyrrole nitrogens is 1. The SMILES string of the molecule is O=C(c1cc([N+](=O)[O-])[nH]n1)N1CCN(Cc2ccc(Cl)cc2)CC1. The molecule has 1 fully saturated rings. The van der Waals surface area contributed by atoms with Gasteiger partial charge in [0.1, 0.15) is 0 Å². The molecule has 0 spiro atoms. The van der Waals surface area contributed by atoms with Crippen LogP contribution < -0.4 is 0 Å². The largest absolute Gasteiger partial charge is 0.358 e. The average molecular weight is 350 g/mol. The highest BCUT2D eigenvalue weighted by molar-refractivity contribution is 6.30. The number of benzene rings is 1. The second kappa shape index (κ2) is 6.98. The van der Waals surface area contributed by atoms with Gasteiger partial charge in [-0.1, -0.05) is 28.8 Å². The van der Waals surface area contributed by atoms with Gasteiger partial charge in [0, 0.05) is 37.7 Å². The van der Waals surface area contributed by atoms with Gasteiger partial charge in [0.2, 0.25) is 0 Å². The third kappa shape index (κ3) is 3.72. The van der Waals surface area contributed by atoms with Crippen LogP contribution >= 0.6 is 11.6 Å². The van der Waals surface area contributed by atoms with Gasteiger partial charge >= 0.3 is 5.82 Å². The van der Waals surface area contributed by atoms with Crippen LogP contribution in [0.2, 0.25) is 5.02 Å². The van der Waals surface area contributed by atoms with Gasteiger partial charge in [0.25, 0.3) is 5.91 Å². The molecular formula is C15H16ClN5O3. The Morgan fingerprint density at radius 3 is 2.50 bits per heavy atom. The summed E-state index contributed by atoms with van der Waals surface area (Å²) in [5.74, 6) is -0.565. The molecule has 1 N–H and O–H groups in total. The highest BCUT2D eigenvalue weighted by Gasteiger charge is 2.25. The van der Waals surface area contributed by atoms with Crippen LogP contribution in [-0.4, -0.2) is 57.0 Å². The van der Waals surface area contributed by atoms with Crippen LogP contribution in [0.15, 0.2) is 30.3 Å². The first-order chi connectivity index (χ1) is 11.5. The zero-order valence-electron chi connectivity index (χ0n) is 12.8. The number of halogens is 1. The maximum Gasteiger partial charge on any atom is 0.343 e. The van der Waals surface area contributed by atoms with Gasteiger partial charge in [0.05, 0.1) is 6.07 Å². The predicted octanol–water partition coefficient (Wildman–Crippen LogP) is 1.93. The van der Waals surface area contributed by atoms with Crippen LogP contribution in [0.25, 0.3) is 0 Å². The maximum absolute atomic E-state index is 12.3. The number of hydrogen-bond donors (Lipinski definition) is 1. The smallest absolute Gasteiger partial charge is 0.343 e. The highest BCUT2D eigenvalue weighted by Crippen LogP contribution is 2.15. The van der Waals surface area contributed by atoms with E-state index in [4.69, 9.17) is 11.6 Å². The summed E-state index contributed by atoms with van der Waals surface area (Å²) in [6.45, 7) is 3.40. The minimum atomic E-state index is -0.603. The third-order valence-corrected chi connectivity index (χ3v) is 4.21. The van der Waals surface area contributed by atoms with Crippen LogP contribution in [0, 0.1) is 10.1 Å². The van der Waals surface area contributed by atoms with E-state index in [2.05, 4.69) is 15.1 Å². The van der Waals surface area contributed by atoms with Crippen molar-refractivity contribution in [2.75, 3.05) is 26.2 Å². The first kappa shape index (κ1) is 16.4. The number of piperazine rings is 1. The fourth-order valence-corrected chi connectivity index (χ4v) is 2.76. The molecule has 0 bridgehead atoms. The monoisotopic (exact) mass is 349 g/mol. The Balaban J connectivity index is 1.55. The number of carbonyl (C=O) groups excluding carboxylic acids is 1. The molecular weight excluding hydrogens is 334 g/mol. The van der Waals surface area contributed by atoms with E-state index in [9.17, 15) is 14.9 Å². The van der Waals surface area contributed by atoms with Crippen molar-refractivity contribution in [3.63, 3.8) is 0 Å². The number of aromatic nitrogens is 2. The number of amides is 1. The molecule has 2 aromatic rings. The quantitative estimate of drug-likeness (QED) is 0.672. The molecule has 3 rings (SSSR count). The van der Waals surface area contributed by atoms with E-state index < -0.39 is 4.92 Å². The van der Waals surface area contributed by atoms with Crippen molar-refractivity contribution >= 4 is 23.3 Å². The predicted molar refractivity (Wildman–Crippen MR) is 87.9 cm³/mol. The van der Waals surface area contributed by atoms with E-state index in [1.807, 2.05) is 24.3 Å². The van der Waals surface area contributed by atoms with Crippen molar-refractivity contribution < 1.29 is 9.72 Å². The summed E-state index contributed by atoms with van der Waals surface area (Å²) in [6.07, 6.45) is 0. The van der Waals surface area contributed by atoms with Crippen molar-refractivity contribution in [3.05, 3.63) is 56.7 Å². The van der Waals surface area contributed by atoms with Crippen molar-refractivity contribution in [2.24, 2.45) is 0 Å². The molecule has 24 heavy (non-hydrogen) atoms. The molecule has 0 atom stereocenters. The Kier molecular flexibility index (Phi) is 4.77. The van der Waals surface area contributed by atoms with Gasteiger partial charge in [-0.2, -0.15) is 0 Å². The fourth-order valence-electron chi connectivity index (χ4n) is 2.63. The molecule has 1 saturated heterocycles. The summed E-state index contributed by atoms with van der Waals surface area (Å²) in [4.78, 5) is 26.3. The van der Waals surface area contributed by atoms with Gasteiger partial charge in [-0.3, -0.25) is 9.69 Å². The lowest BCUT2D eigenvalue weighted by atomic mass is 10.2. The lowest BCUT2D eigenvalue weighted by molar-refractivity contribution is -0.389. The van der Waals surface area contributed by atoms with Crippen LogP contribution in [0.5, 0.6) is 0 Å². The van der Waals surface area contributed by atoms with Crippen LogP contribution in [-0.2, 0) is 6.54 Å². The van der Waals surface area contributed by atoms with Crippen molar-refractivity contribution in [3.8, 4) is 0 Å². The Bertz CT molecular complexity index is 738. The third-order valence-electron chi connectivity index (χ3n) is 3.96. The standard InChI is InChI=1S/C15H16ClN5O3/c16-12-3-1-11(2-4-12)10-19-5-7-20(8-6-19)15(22)13-9-14(18-17-13)21(23)24/h1-4,9H,5-8,10H2,(H,17,18). The lowest BCUT2D eigenvalue weighted by Gasteiger charge is -2.34. The number of nitrogens with zero attached hydrogens (tertiary/aromatic N) is 4. The Morgan fingerprint density at radius 1 is 1.25 bits per heavy atom. The molecule has 1 aliphatic rings. The Labute approximate surface area is 143 Å². The average Bonchev–Trinajstić information content (AvgIpc) is 3.07. The molecule has 2 heterocycles. The maximum atomic E-state index is 12.3. The van der Waals surface area contributed by atoms with E-state index in [-0.39, 0.29) is 17.4 Å². The fraction of sp³-hybridized carbons (Fsp3) is 0.333. The molecule has 0 aliphatic carbocycles. The van der Waals surface area contributed by atoms with Crippen molar-refractivity contribution in [1.29, 1.82) is 0 Å². The molecule has 1 aliphatic heterocycles. The second-order valence-corrected chi connectivity index (χ2v) is 6.03. The molecule has 1 amide bonds. The van der Waals surface area contributed by atoms with Crippen LogP contribution in [0.1, 0.15) is 16.1 Å². The molecule has 126 valence electrons. The Morgan fingerprint density at radius 2 is 1.92 bits per heavy atom. The molecule has 0 saturated carbocycles. The van der Waals surface area contributed by atoms with Gasteiger partial charge in [-0.25, -0.2) is 0 Å². The molecule has 0 radical (unpaired) electrons. The lowest BCUT2D eigenvalue weighted by Crippen LogP contribution is -2.48. The number of aromatic amines is 1. The minimum absolute atomic E-state index is 0.0767. The number of carbonyl (C=O) groups is 1. The molecule has 9 heteroatoms. The summed E-state index contributed by atoms with van der Waals surface area (Å²) in [5, 5.41) is 17.3. The first-order valence-corrected chi connectivity index (χ1v) is 7.86. The summed E-state index contributed by atoms with van der Waals surface area (Å²) in [5.41, 5.74) is 1.25.